The second-order valence-electron chi connectivity index (χ2n) is 6.49. The molecule has 1 aliphatic rings. The third-order valence-electron chi connectivity index (χ3n) is 4.62. The third-order valence-corrected chi connectivity index (χ3v) is 4.62. The van der Waals surface area contributed by atoms with Crippen molar-refractivity contribution in [1.29, 1.82) is 0 Å². The first-order chi connectivity index (χ1) is 11.0. The molecule has 0 saturated carbocycles. The zero-order valence-corrected chi connectivity index (χ0v) is 14.7. The molecule has 128 valence electrons. The highest BCUT2D eigenvalue weighted by Gasteiger charge is 2.35. The molecular weight excluding hydrogens is 290 g/mol. The summed E-state index contributed by atoms with van der Waals surface area (Å²) in [6, 6.07) is 8.28. The first kappa shape index (κ1) is 17.6. The number of carbonyl (C=O) groups is 1. The minimum absolute atomic E-state index is 0.0336. The van der Waals surface area contributed by atoms with Gasteiger partial charge < -0.3 is 19.9 Å². The Bertz CT molecular complexity index is 501. The molecule has 0 aromatic heterocycles. The molecule has 0 aliphatic carbocycles. The maximum absolute atomic E-state index is 12.4. The number of nitrogens with one attached hydrogen (secondary N) is 1. The maximum atomic E-state index is 12.4. The van der Waals surface area contributed by atoms with E-state index >= 15 is 0 Å². The van der Waals surface area contributed by atoms with Crippen LogP contribution < -0.4 is 10.1 Å². The minimum Gasteiger partial charge on any atom is -0.497 e. The van der Waals surface area contributed by atoms with Crippen molar-refractivity contribution in [3.8, 4) is 5.75 Å². The van der Waals surface area contributed by atoms with Gasteiger partial charge in [-0.15, -0.1) is 0 Å². The number of methoxy groups -OCH3 is 1. The van der Waals surface area contributed by atoms with Crippen LogP contribution in [0, 0.1) is 5.92 Å². The fraction of sp³-hybridized carbons (Fsp3) is 0.611. The van der Waals surface area contributed by atoms with E-state index in [1.54, 1.807) is 7.11 Å². The van der Waals surface area contributed by atoms with Crippen LogP contribution in [0.15, 0.2) is 24.3 Å². The van der Waals surface area contributed by atoms with Gasteiger partial charge in [0, 0.05) is 25.7 Å². The van der Waals surface area contributed by atoms with Crippen molar-refractivity contribution in [1.82, 2.24) is 15.1 Å². The number of urea groups is 1. The fourth-order valence-corrected chi connectivity index (χ4v) is 3.29. The van der Waals surface area contributed by atoms with E-state index in [-0.39, 0.29) is 6.03 Å². The van der Waals surface area contributed by atoms with Gasteiger partial charge in [-0.3, -0.25) is 0 Å². The van der Waals surface area contributed by atoms with Gasteiger partial charge in [0.25, 0.3) is 0 Å². The third kappa shape index (κ3) is 4.61. The van der Waals surface area contributed by atoms with E-state index < -0.39 is 0 Å². The molecule has 1 aliphatic heterocycles. The van der Waals surface area contributed by atoms with E-state index in [1.807, 2.05) is 29.2 Å². The molecule has 2 amide bonds. The Labute approximate surface area is 139 Å². The van der Waals surface area contributed by atoms with Crippen LogP contribution in [-0.2, 0) is 6.54 Å². The molecule has 0 radical (unpaired) electrons. The van der Waals surface area contributed by atoms with Crippen LogP contribution in [0.2, 0.25) is 0 Å². The Morgan fingerprint density at radius 3 is 2.57 bits per heavy atom. The molecule has 1 fully saturated rings. The molecule has 1 saturated heterocycles. The smallest absolute Gasteiger partial charge is 0.317 e. The fourth-order valence-electron chi connectivity index (χ4n) is 3.29. The van der Waals surface area contributed by atoms with Gasteiger partial charge in [-0.25, -0.2) is 4.79 Å². The standard InChI is InChI=1S/C18H29N3O2/c1-5-6-15-12-21(13-17(15)20(2)3)18(22)19-11-14-7-9-16(23-4)10-8-14/h7-10,15,17H,5-6,11-13H2,1-4H3,(H,19,22)/t15-,17-/m1/s1. The van der Waals surface area contributed by atoms with E-state index in [0.29, 0.717) is 18.5 Å². The lowest BCUT2D eigenvalue weighted by molar-refractivity contribution is 0.203. The van der Waals surface area contributed by atoms with Crippen molar-refractivity contribution < 1.29 is 9.53 Å². The topological polar surface area (TPSA) is 44.8 Å². The number of hydrogen-bond acceptors (Lipinski definition) is 3. The van der Waals surface area contributed by atoms with Crippen LogP contribution in [0.25, 0.3) is 0 Å². The van der Waals surface area contributed by atoms with Crippen molar-refractivity contribution in [2.24, 2.45) is 5.92 Å². The summed E-state index contributed by atoms with van der Waals surface area (Å²) in [6.45, 7) is 4.42. The average molecular weight is 319 g/mol. The lowest BCUT2D eigenvalue weighted by Gasteiger charge is -2.24. The molecule has 23 heavy (non-hydrogen) atoms. The number of ether oxygens (including phenoxy) is 1. The molecule has 5 nitrogen and oxygen atoms in total. The zero-order chi connectivity index (χ0) is 16.8. The van der Waals surface area contributed by atoms with E-state index in [1.165, 1.54) is 6.42 Å². The lowest BCUT2D eigenvalue weighted by Crippen LogP contribution is -2.40. The van der Waals surface area contributed by atoms with Gasteiger partial charge in [-0.05, 0) is 44.1 Å². The molecule has 0 unspecified atom stereocenters. The number of likely N-dealkylation sites (N-methyl/N-ethyl adjacent to an activating group) is 1. The Balaban J connectivity index is 1.87. The zero-order valence-electron chi connectivity index (χ0n) is 14.7. The lowest BCUT2D eigenvalue weighted by atomic mass is 9.98. The molecule has 2 atom stereocenters. The van der Waals surface area contributed by atoms with Crippen LogP contribution >= 0.6 is 0 Å². The summed E-state index contributed by atoms with van der Waals surface area (Å²) in [6.07, 6.45) is 2.33. The number of likely N-dealkylation sites (tertiary alicyclic amines) is 1. The summed E-state index contributed by atoms with van der Waals surface area (Å²) < 4.78 is 5.14. The number of nitrogens with zero attached hydrogens (tertiary/aromatic N) is 2. The van der Waals surface area contributed by atoms with Crippen LogP contribution in [0.1, 0.15) is 25.3 Å². The van der Waals surface area contributed by atoms with Gasteiger partial charge in [0.15, 0.2) is 0 Å². The van der Waals surface area contributed by atoms with E-state index in [4.69, 9.17) is 4.74 Å². The summed E-state index contributed by atoms with van der Waals surface area (Å²) >= 11 is 0. The van der Waals surface area contributed by atoms with E-state index in [2.05, 4.69) is 31.2 Å². The number of rotatable bonds is 6. The number of hydrogen-bond donors (Lipinski definition) is 1. The van der Waals surface area contributed by atoms with Crippen LogP contribution in [-0.4, -0.2) is 56.2 Å². The average Bonchev–Trinajstić information content (AvgIpc) is 2.98. The second-order valence-corrected chi connectivity index (χ2v) is 6.49. The largest absolute Gasteiger partial charge is 0.497 e. The summed E-state index contributed by atoms with van der Waals surface area (Å²) in [5, 5.41) is 3.03. The number of benzene rings is 1. The van der Waals surface area contributed by atoms with Crippen LogP contribution in [0.5, 0.6) is 5.75 Å². The minimum atomic E-state index is 0.0336. The Morgan fingerprint density at radius 2 is 2.00 bits per heavy atom. The number of amides is 2. The quantitative estimate of drug-likeness (QED) is 0.876. The molecule has 0 bridgehead atoms. The van der Waals surface area contributed by atoms with E-state index in [0.717, 1.165) is 30.8 Å². The number of carbonyl (C=O) groups excluding carboxylic acids is 1. The monoisotopic (exact) mass is 319 g/mol. The summed E-state index contributed by atoms with van der Waals surface area (Å²) in [7, 11) is 5.86. The van der Waals surface area contributed by atoms with Crippen molar-refractivity contribution in [3.05, 3.63) is 29.8 Å². The van der Waals surface area contributed by atoms with Crippen molar-refractivity contribution >= 4 is 6.03 Å². The normalized spacial score (nSPS) is 20.8. The predicted octanol–water partition coefficient (Wildman–Crippen LogP) is 2.57. The molecular formula is C18H29N3O2. The van der Waals surface area contributed by atoms with Gasteiger partial charge >= 0.3 is 6.03 Å². The first-order valence-electron chi connectivity index (χ1n) is 8.37. The van der Waals surface area contributed by atoms with Gasteiger partial charge in [0.1, 0.15) is 5.75 Å². The highest BCUT2D eigenvalue weighted by atomic mass is 16.5. The van der Waals surface area contributed by atoms with Crippen LogP contribution in [0.4, 0.5) is 4.79 Å². The highest BCUT2D eigenvalue weighted by molar-refractivity contribution is 5.74. The van der Waals surface area contributed by atoms with Crippen molar-refractivity contribution in [2.75, 3.05) is 34.3 Å². The molecule has 1 aromatic carbocycles. The highest BCUT2D eigenvalue weighted by Crippen LogP contribution is 2.24. The SMILES string of the molecule is CCC[C@@H]1CN(C(=O)NCc2ccc(OC)cc2)C[C@H]1N(C)C. The first-order valence-corrected chi connectivity index (χ1v) is 8.37. The molecule has 1 N–H and O–H groups in total. The molecule has 1 heterocycles. The van der Waals surface area contributed by atoms with Gasteiger partial charge in [-0.2, -0.15) is 0 Å². The predicted molar refractivity (Wildman–Crippen MR) is 92.7 cm³/mol. The molecule has 0 spiro atoms. The van der Waals surface area contributed by atoms with E-state index in [9.17, 15) is 4.79 Å². The van der Waals surface area contributed by atoms with Crippen molar-refractivity contribution in [3.63, 3.8) is 0 Å². The molecule has 5 heteroatoms. The Hall–Kier alpha value is -1.75. The van der Waals surface area contributed by atoms with Crippen LogP contribution in [0.3, 0.4) is 0 Å². The summed E-state index contributed by atoms with van der Waals surface area (Å²) in [4.78, 5) is 16.6. The summed E-state index contributed by atoms with van der Waals surface area (Å²) in [5.74, 6) is 1.40. The van der Waals surface area contributed by atoms with Gasteiger partial charge in [0.2, 0.25) is 0 Å². The Kier molecular flexibility index (Phi) is 6.28. The Morgan fingerprint density at radius 1 is 1.30 bits per heavy atom. The van der Waals surface area contributed by atoms with Crippen molar-refractivity contribution in [2.45, 2.75) is 32.4 Å². The molecule has 1 aromatic rings. The maximum Gasteiger partial charge on any atom is 0.317 e. The second kappa shape index (κ2) is 8.20. The molecule has 2 rings (SSSR count). The summed E-state index contributed by atoms with van der Waals surface area (Å²) in [5.41, 5.74) is 1.08. The van der Waals surface area contributed by atoms with Gasteiger partial charge in [-0.1, -0.05) is 25.5 Å². The van der Waals surface area contributed by atoms with Gasteiger partial charge in [0.05, 0.1) is 7.11 Å².